The Morgan fingerprint density at radius 1 is 1.26 bits per heavy atom. The van der Waals surface area contributed by atoms with Gasteiger partial charge in [0.05, 0.1) is 25.3 Å². The van der Waals surface area contributed by atoms with Crippen molar-refractivity contribution in [2.45, 2.75) is 102 Å². The van der Waals surface area contributed by atoms with Crippen LogP contribution in [0.1, 0.15) is 58.9 Å². The quantitative estimate of drug-likeness (QED) is 0.137. The minimum atomic E-state index is -1.82. The van der Waals surface area contributed by atoms with Crippen LogP contribution >= 0.6 is 33.2 Å². The number of halogens is 1. The summed E-state index contributed by atoms with van der Waals surface area (Å²) in [7, 11) is 9.35. The summed E-state index contributed by atoms with van der Waals surface area (Å²) in [4.78, 5) is 56.4. The maximum Gasteiger partial charge on any atom is 0.409 e. The Bertz CT molecular complexity index is 1600. The van der Waals surface area contributed by atoms with E-state index in [0.717, 1.165) is 16.9 Å². The van der Waals surface area contributed by atoms with E-state index in [4.69, 9.17) is 35.3 Å². The molecule has 0 aromatic heterocycles. The molecule has 0 radical (unpaired) electrons. The average Bonchev–Trinajstić information content (AvgIpc) is 3.81. The lowest BCUT2D eigenvalue weighted by Gasteiger charge is -2.42. The number of allylic oxidation sites excluding steroid dienone is 3. The number of hydrogen-bond donors (Lipinski definition) is 2. The van der Waals surface area contributed by atoms with Crippen LogP contribution in [-0.4, -0.2) is 116 Å². The number of hydrogen-bond acceptors (Lipinski definition) is 12. The van der Waals surface area contributed by atoms with Crippen LogP contribution in [-0.2, 0) is 39.8 Å². The van der Waals surface area contributed by atoms with Gasteiger partial charge in [0.15, 0.2) is 5.72 Å². The molecule has 3 heterocycles. The van der Waals surface area contributed by atoms with Gasteiger partial charge in [-0.1, -0.05) is 63.9 Å². The number of alkyl carbamates (subject to hydrolysis) is 1. The fourth-order valence-corrected chi connectivity index (χ4v) is 8.36. The third-order valence-corrected chi connectivity index (χ3v) is 12.5. The first-order valence-electron chi connectivity index (χ1n) is 17.5. The molecule has 3 aliphatic heterocycles. The lowest BCUT2D eigenvalue weighted by atomic mass is 9.83. The van der Waals surface area contributed by atoms with Crippen LogP contribution in [0.25, 0.3) is 0 Å². The normalized spacial score (nSPS) is 31.2. The average molecular weight is 798 g/mol. The number of likely N-dealkylation sites (N-methyl/N-ethyl adjacent to an activating group) is 1. The smallest absolute Gasteiger partial charge is 0.409 e. The van der Waals surface area contributed by atoms with Crippen molar-refractivity contribution in [1.29, 1.82) is 0 Å². The number of nitrogens with zero attached hydrogens (tertiary/aromatic N) is 2. The lowest BCUT2D eigenvalue weighted by molar-refractivity contribution is -0.162. The number of anilines is 1. The zero-order valence-electron chi connectivity index (χ0n) is 31.8. The van der Waals surface area contributed by atoms with Gasteiger partial charge in [-0.3, -0.25) is 14.9 Å². The summed E-state index contributed by atoms with van der Waals surface area (Å²) in [6.07, 6.45) is 3.92. The van der Waals surface area contributed by atoms with Crippen LogP contribution in [0.2, 0.25) is 5.02 Å². The summed E-state index contributed by atoms with van der Waals surface area (Å²) in [6.45, 7) is 7.04. The number of methoxy groups -OCH3 is 2. The molecular weight excluding hydrogens is 746 g/mol. The highest BCUT2D eigenvalue weighted by Crippen LogP contribution is 2.49. The predicted octanol–water partition coefficient (Wildman–Crippen LogP) is 5.31. The SMILES string of the molecule is COc1cc2cc(c1Cl)N(C)C(=O)CC(OC(=O)[C@H](C)N(C)C(=O)CCCSSC)C1(C)OC1C(C)C1CC(O)(NC(=O)O1)C(OC)/C=C/C=C(\C)C2. The van der Waals surface area contributed by atoms with Gasteiger partial charge in [-0.15, -0.1) is 0 Å². The van der Waals surface area contributed by atoms with Gasteiger partial charge >= 0.3 is 12.1 Å². The minimum Gasteiger partial charge on any atom is -0.495 e. The second kappa shape index (κ2) is 18.1. The molecule has 3 amide bonds. The zero-order valence-corrected chi connectivity index (χ0v) is 34.2. The largest absolute Gasteiger partial charge is 0.495 e. The van der Waals surface area contributed by atoms with E-state index in [-0.39, 0.29) is 30.2 Å². The van der Waals surface area contributed by atoms with Gasteiger partial charge in [0.2, 0.25) is 11.8 Å². The molecule has 1 aromatic carbocycles. The van der Waals surface area contributed by atoms with Gasteiger partial charge < -0.3 is 38.6 Å². The molecule has 0 saturated carbocycles. The molecule has 16 heteroatoms. The number of fused-ring (bicyclic) bond motifs is 5. The van der Waals surface area contributed by atoms with Crippen molar-refractivity contribution in [1.82, 2.24) is 10.2 Å². The summed E-state index contributed by atoms with van der Waals surface area (Å²) in [6, 6.07) is 2.64. The van der Waals surface area contributed by atoms with Crippen molar-refractivity contribution in [2.75, 3.05) is 45.2 Å². The van der Waals surface area contributed by atoms with E-state index < -0.39 is 65.7 Å². The summed E-state index contributed by atoms with van der Waals surface area (Å²) < 4.78 is 29.2. The number of rotatable bonds is 10. The first kappa shape index (κ1) is 42.8. The highest BCUT2D eigenvalue weighted by atomic mass is 35.5. The van der Waals surface area contributed by atoms with Crippen molar-refractivity contribution < 1.29 is 48.0 Å². The molecule has 4 bridgehead atoms. The van der Waals surface area contributed by atoms with Crippen LogP contribution < -0.4 is 15.0 Å². The molecule has 2 saturated heterocycles. The Morgan fingerprint density at radius 3 is 2.64 bits per heavy atom. The Kier molecular flexibility index (Phi) is 14.6. The van der Waals surface area contributed by atoms with Gasteiger partial charge in [-0.25, -0.2) is 9.59 Å². The van der Waals surface area contributed by atoms with Crippen LogP contribution in [0.5, 0.6) is 5.75 Å². The Morgan fingerprint density at radius 2 is 1.98 bits per heavy atom. The number of carbonyl (C=O) groups is 4. The molecule has 4 rings (SSSR count). The standard InChI is InChI=1S/C37H52ClN3O10S2/c1-21-12-10-13-28(48-8)37(46)20-27(49-35(45)39-37)22(2)33-36(4,51-33)29(50-34(44)23(3)40(5)30(42)14-11-15-53-52-9)19-31(43)41(6)25-17-24(16-21)18-26(47-7)32(25)38/h10,12-13,17-18,22-23,27-29,33,46H,11,14-16,19-20H2,1-9H3,(H,39,45)/b13-10+,21-12+/t22?,23-,27?,28?,29?,33?,36?,37?/m0/s1. The number of aliphatic hydroxyl groups is 1. The van der Waals surface area contributed by atoms with Crippen molar-refractivity contribution in [3.8, 4) is 5.75 Å². The summed E-state index contributed by atoms with van der Waals surface area (Å²) in [5, 5.41) is 14.5. The van der Waals surface area contributed by atoms with E-state index in [2.05, 4.69) is 5.32 Å². The number of nitrogens with one attached hydrogen (secondary N) is 1. The van der Waals surface area contributed by atoms with Crippen molar-refractivity contribution in [3.05, 3.63) is 46.5 Å². The maximum absolute atomic E-state index is 14.1. The van der Waals surface area contributed by atoms with Gasteiger partial charge in [0, 0.05) is 45.7 Å². The summed E-state index contributed by atoms with van der Waals surface area (Å²) in [5.74, 6) is -0.675. The molecule has 3 aliphatic rings. The molecule has 0 spiro atoms. The molecule has 1 aromatic rings. The van der Waals surface area contributed by atoms with Crippen molar-refractivity contribution >= 4 is 62.8 Å². The highest BCUT2D eigenvalue weighted by molar-refractivity contribution is 8.76. The van der Waals surface area contributed by atoms with Gasteiger partial charge in [-0.2, -0.15) is 0 Å². The van der Waals surface area contributed by atoms with E-state index in [1.807, 2.05) is 19.3 Å². The molecule has 2 N–H and O–H groups in total. The van der Waals surface area contributed by atoms with Gasteiger partial charge in [0.25, 0.3) is 0 Å². The van der Waals surface area contributed by atoms with Gasteiger partial charge in [0.1, 0.15) is 40.7 Å². The molecule has 8 atom stereocenters. The van der Waals surface area contributed by atoms with Crippen LogP contribution in [0.15, 0.2) is 35.9 Å². The van der Waals surface area contributed by atoms with Crippen molar-refractivity contribution in [2.24, 2.45) is 5.92 Å². The van der Waals surface area contributed by atoms with E-state index in [1.54, 1.807) is 80.7 Å². The Hall–Kier alpha value is -2.95. The maximum atomic E-state index is 14.1. The topological polar surface area (TPSA) is 156 Å². The number of epoxide rings is 1. The second-order valence-corrected chi connectivity index (χ2v) is 17.1. The monoisotopic (exact) mass is 797 g/mol. The minimum absolute atomic E-state index is 0.0446. The molecular formula is C37H52ClN3O10S2. The number of amides is 3. The third-order valence-electron chi connectivity index (χ3n) is 10.3. The number of benzene rings is 1. The zero-order chi connectivity index (χ0) is 39.2. The van der Waals surface area contributed by atoms with E-state index in [9.17, 15) is 24.3 Å². The second-order valence-electron chi connectivity index (χ2n) is 14.0. The Labute approximate surface area is 324 Å². The lowest BCUT2D eigenvalue weighted by Crippen LogP contribution is -2.63. The molecule has 7 unspecified atom stereocenters. The van der Waals surface area contributed by atoms with Crippen LogP contribution in [0.4, 0.5) is 10.5 Å². The summed E-state index contributed by atoms with van der Waals surface area (Å²) in [5.41, 5.74) is -0.881. The first-order chi connectivity index (χ1) is 25.0. The molecule has 13 nitrogen and oxygen atoms in total. The van der Waals surface area contributed by atoms with Crippen LogP contribution in [0.3, 0.4) is 0 Å². The van der Waals surface area contributed by atoms with E-state index in [0.29, 0.717) is 24.3 Å². The van der Waals surface area contributed by atoms with Crippen molar-refractivity contribution in [3.63, 3.8) is 0 Å². The molecule has 294 valence electrons. The fraction of sp³-hybridized carbons (Fsp3) is 0.622. The van der Waals surface area contributed by atoms with E-state index in [1.165, 1.54) is 24.0 Å². The van der Waals surface area contributed by atoms with Crippen LogP contribution in [0, 0.1) is 5.92 Å². The number of ether oxygens (including phenoxy) is 5. The number of esters is 1. The number of carbonyl (C=O) groups excluding carboxylic acids is 4. The molecule has 0 aliphatic carbocycles. The molecule has 53 heavy (non-hydrogen) atoms. The predicted molar refractivity (Wildman–Crippen MR) is 206 cm³/mol. The summed E-state index contributed by atoms with van der Waals surface area (Å²) >= 11 is 6.76. The fourth-order valence-electron chi connectivity index (χ4n) is 6.76. The third kappa shape index (κ3) is 10.0. The van der Waals surface area contributed by atoms with Gasteiger partial charge in [-0.05, 0) is 57.6 Å². The highest BCUT2D eigenvalue weighted by Gasteiger charge is 2.64. The molecule has 2 fully saturated rings. The Balaban J connectivity index is 1.72. The first-order valence-corrected chi connectivity index (χ1v) is 20.6. The van der Waals surface area contributed by atoms with E-state index >= 15 is 0 Å².